The van der Waals surface area contributed by atoms with E-state index in [9.17, 15) is 13.2 Å². The number of sulfonamides is 1. The van der Waals surface area contributed by atoms with Gasteiger partial charge in [0.25, 0.3) is 0 Å². The molecule has 0 atom stereocenters. The van der Waals surface area contributed by atoms with Crippen LogP contribution in [0.3, 0.4) is 0 Å². The number of carbonyl (C=O) groups is 1. The molecule has 168 valence electrons. The fraction of sp³-hybridized carbons (Fsp3) is 0.304. The van der Waals surface area contributed by atoms with E-state index < -0.39 is 10.0 Å². The lowest BCUT2D eigenvalue weighted by molar-refractivity contribution is -0.114. The van der Waals surface area contributed by atoms with Gasteiger partial charge in [-0.2, -0.15) is 4.31 Å². The third kappa shape index (κ3) is 4.69. The fourth-order valence-corrected chi connectivity index (χ4v) is 6.55. The second-order valence-corrected chi connectivity index (χ2v) is 10.7. The normalized spacial score (nSPS) is 14.8. The first kappa shape index (κ1) is 22.4. The van der Waals surface area contributed by atoms with Crippen LogP contribution in [0.4, 0.5) is 11.4 Å². The molecular formula is C23H26N4O3S2. The quantitative estimate of drug-likeness (QED) is 0.547. The highest BCUT2D eigenvalue weighted by molar-refractivity contribution is 7.89. The van der Waals surface area contributed by atoms with E-state index in [1.54, 1.807) is 28.7 Å². The van der Waals surface area contributed by atoms with Gasteiger partial charge in [0.05, 0.1) is 9.77 Å². The number of benzene rings is 2. The van der Waals surface area contributed by atoms with E-state index in [0.29, 0.717) is 24.3 Å². The summed E-state index contributed by atoms with van der Waals surface area (Å²) in [6.07, 6.45) is 4.46. The molecule has 3 aromatic rings. The molecule has 1 saturated heterocycles. The summed E-state index contributed by atoms with van der Waals surface area (Å²) < 4.78 is 28.7. The Hall–Kier alpha value is -2.75. The lowest BCUT2D eigenvalue weighted by atomic mass is 10.2. The molecule has 0 spiro atoms. The molecule has 2 heterocycles. The second-order valence-electron chi connectivity index (χ2n) is 7.71. The number of rotatable bonds is 6. The van der Waals surface area contributed by atoms with Gasteiger partial charge in [0.2, 0.25) is 15.9 Å². The van der Waals surface area contributed by atoms with Crippen molar-refractivity contribution in [1.29, 1.82) is 0 Å². The van der Waals surface area contributed by atoms with Crippen molar-refractivity contribution in [3.05, 3.63) is 48.7 Å². The van der Waals surface area contributed by atoms with Crippen LogP contribution in [0.5, 0.6) is 0 Å². The van der Waals surface area contributed by atoms with E-state index in [-0.39, 0.29) is 10.8 Å². The van der Waals surface area contributed by atoms with Gasteiger partial charge in [-0.15, -0.1) is 11.3 Å². The van der Waals surface area contributed by atoms with Gasteiger partial charge in [-0.05, 0) is 49.2 Å². The van der Waals surface area contributed by atoms with Gasteiger partial charge < -0.3 is 10.6 Å². The summed E-state index contributed by atoms with van der Waals surface area (Å²) in [5, 5.41) is 6.61. The first-order valence-electron chi connectivity index (χ1n) is 10.5. The highest BCUT2D eigenvalue weighted by atomic mass is 32.2. The predicted octanol–water partition coefficient (Wildman–Crippen LogP) is 4.65. The molecule has 0 unspecified atom stereocenters. The highest BCUT2D eigenvalue weighted by Gasteiger charge is 2.29. The average molecular weight is 471 g/mol. The number of nitrogens with zero attached hydrogens (tertiary/aromatic N) is 2. The van der Waals surface area contributed by atoms with Crippen molar-refractivity contribution in [1.82, 2.24) is 9.29 Å². The Morgan fingerprint density at radius 2 is 1.72 bits per heavy atom. The van der Waals surface area contributed by atoms with Gasteiger partial charge in [-0.1, -0.05) is 12.5 Å². The molecular weight excluding hydrogens is 444 g/mol. The average Bonchev–Trinajstić information content (AvgIpc) is 3.29. The smallest absolute Gasteiger partial charge is 0.243 e. The van der Waals surface area contributed by atoms with Crippen LogP contribution in [0.15, 0.2) is 53.6 Å². The van der Waals surface area contributed by atoms with Gasteiger partial charge in [0, 0.05) is 55.8 Å². The second kappa shape index (κ2) is 9.40. The van der Waals surface area contributed by atoms with Crippen LogP contribution in [0.2, 0.25) is 0 Å². The molecule has 0 radical (unpaired) electrons. The molecule has 1 fully saturated rings. The van der Waals surface area contributed by atoms with E-state index in [0.717, 1.165) is 40.4 Å². The highest BCUT2D eigenvalue weighted by Crippen LogP contribution is 2.38. The van der Waals surface area contributed by atoms with Gasteiger partial charge >= 0.3 is 0 Å². The Balaban J connectivity index is 1.76. The lowest BCUT2D eigenvalue weighted by Crippen LogP contribution is -2.35. The Morgan fingerprint density at radius 1 is 1.03 bits per heavy atom. The standard InChI is InChI=1S/C23H26N4O3S2/c1-16(28)26-19-10-11-20(22(14-19)32(29,30)27-12-4-3-5-13-27)21-15-25-23(31-21)17-6-8-18(24-2)9-7-17/h6-11,14-15,24H,3-5,12-13H2,1-2H3,(H,26,28). The third-order valence-corrected chi connectivity index (χ3v) is 8.44. The Kier molecular flexibility index (Phi) is 6.59. The van der Waals surface area contributed by atoms with Gasteiger partial charge in [0.15, 0.2) is 0 Å². The van der Waals surface area contributed by atoms with Crippen molar-refractivity contribution in [2.75, 3.05) is 30.8 Å². The molecule has 32 heavy (non-hydrogen) atoms. The summed E-state index contributed by atoms with van der Waals surface area (Å²) >= 11 is 1.45. The van der Waals surface area contributed by atoms with Gasteiger partial charge in [-0.25, -0.2) is 13.4 Å². The molecule has 0 saturated carbocycles. The van der Waals surface area contributed by atoms with Crippen molar-refractivity contribution in [2.24, 2.45) is 0 Å². The summed E-state index contributed by atoms with van der Waals surface area (Å²) in [6.45, 7) is 2.43. The predicted molar refractivity (Wildman–Crippen MR) is 129 cm³/mol. The fourth-order valence-electron chi connectivity index (χ4n) is 3.78. The molecule has 2 N–H and O–H groups in total. The lowest BCUT2D eigenvalue weighted by Gasteiger charge is -2.27. The Labute approximate surface area is 192 Å². The Bertz CT molecular complexity index is 1210. The zero-order chi connectivity index (χ0) is 22.7. The molecule has 2 aromatic carbocycles. The number of thiazole rings is 1. The van der Waals surface area contributed by atoms with E-state index in [1.165, 1.54) is 18.3 Å². The van der Waals surface area contributed by atoms with Crippen LogP contribution in [-0.4, -0.2) is 43.8 Å². The minimum atomic E-state index is -3.71. The third-order valence-electron chi connectivity index (χ3n) is 5.43. The number of hydrogen-bond acceptors (Lipinski definition) is 6. The van der Waals surface area contributed by atoms with Crippen LogP contribution in [0.1, 0.15) is 26.2 Å². The number of nitrogens with one attached hydrogen (secondary N) is 2. The van der Waals surface area contributed by atoms with Crippen LogP contribution in [0.25, 0.3) is 21.0 Å². The topological polar surface area (TPSA) is 91.4 Å². The zero-order valence-electron chi connectivity index (χ0n) is 18.1. The molecule has 1 aliphatic heterocycles. The molecule has 4 rings (SSSR count). The number of piperidine rings is 1. The summed E-state index contributed by atoms with van der Waals surface area (Å²) in [4.78, 5) is 17.1. The number of aromatic nitrogens is 1. The molecule has 0 aliphatic carbocycles. The van der Waals surface area contributed by atoms with Crippen LogP contribution in [0, 0.1) is 0 Å². The van der Waals surface area contributed by atoms with Crippen LogP contribution < -0.4 is 10.6 Å². The molecule has 1 amide bonds. The molecule has 0 bridgehead atoms. The van der Waals surface area contributed by atoms with E-state index in [1.807, 2.05) is 31.3 Å². The molecule has 1 aliphatic rings. The van der Waals surface area contributed by atoms with Crippen molar-refractivity contribution >= 4 is 38.6 Å². The maximum absolute atomic E-state index is 13.6. The first-order valence-corrected chi connectivity index (χ1v) is 12.8. The number of hydrogen-bond donors (Lipinski definition) is 2. The number of amides is 1. The van der Waals surface area contributed by atoms with E-state index in [4.69, 9.17) is 0 Å². The van der Waals surface area contributed by atoms with E-state index >= 15 is 0 Å². The van der Waals surface area contributed by atoms with Crippen LogP contribution in [-0.2, 0) is 14.8 Å². The summed E-state index contributed by atoms with van der Waals surface area (Å²) in [5.74, 6) is -0.246. The summed E-state index contributed by atoms with van der Waals surface area (Å²) in [5.41, 5.74) is 3.04. The molecule has 7 nitrogen and oxygen atoms in total. The zero-order valence-corrected chi connectivity index (χ0v) is 19.7. The maximum Gasteiger partial charge on any atom is 0.243 e. The summed E-state index contributed by atoms with van der Waals surface area (Å²) in [7, 11) is -1.84. The maximum atomic E-state index is 13.6. The summed E-state index contributed by atoms with van der Waals surface area (Å²) in [6, 6.07) is 13.0. The minimum Gasteiger partial charge on any atom is -0.388 e. The largest absolute Gasteiger partial charge is 0.388 e. The van der Waals surface area contributed by atoms with Crippen molar-refractivity contribution in [3.8, 4) is 21.0 Å². The first-order chi connectivity index (χ1) is 15.4. The number of anilines is 2. The van der Waals surface area contributed by atoms with E-state index in [2.05, 4.69) is 15.6 Å². The SMILES string of the molecule is CNc1ccc(-c2ncc(-c3ccc(NC(C)=O)cc3S(=O)(=O)N3CCCCC3)s2)cc1. The van der Waals surface area contributed by atoms with Crippen LogP contribution >= 0.6 is 11.3 Å². The minimum absolute atomic E-state index is 0.200. The molecule has 9 heteroatoms. The van der Waals surface area contributed by atoms with Crippen molar-refractivity contribution in [3.63, 3.8) is 0 Å². The Morgan fingerprint density at radius 3 is 2.38 bits per heavy atom. The molecule has 1 aromatic heterocycles. The van der Waals surface area contributed by atoms with Gasteiger partial charge in [0.1, 0.15) is 5.01 Å². The van der Waals surface area contributed by atoms with Crippen molar-refractivity contribution < 1.29 is 13.2 Å². The van der Waals surface area contributed by atoms with Gasteiger partial charge in [-0.3, -0.25) is 4.79 Å². The monoisotopic (exact) mass is 470 g/mol. The number of carbonyl (C=O) groups excluding carboxylic acids is 1. The van der Waals surface area contributed by atoms with Crippen molar-refractivity contribution in [2.45, 2.75) is 31.1 Å².